The van der Waals surface area contributed by atoms with Gasteiger partial charge in [0.15, 0.2) is 0 Å². The van der Waals surface area contributed by atoms with E-state index in [1.807, 2.05) is 6.20 Å². The Morgan fingerprint density at radius 2 is 2.19 bits per heavy atom. The average molecular weight is 237 g/mol. The van der Waals surface area contributed by atoms with E-state index < -0.39 is 0 Å². The van der Waals surface area contributed by atoms with Crippen LogP contribution < -0.4 is 5.73 Å². The molecular weight excluding hydrogens is 218 g/mol. The monoisotopic (exact) mass is 237 g/mol. The van der Waals surface area contributed by atoms with Crippen molar-refractivity contribution in [1.82, 2.24) is 9.78 Å². The van der Waals surface area contributed by atoms with E-state index in [1.54, 1.807) is 0 Å². The van der Waals surface area contributed by atoms with Gasteiger partial charge in [-0.05, 0) is 43.3 Å². The molecule has 0 bridgehead atoms. The van der Waals surface area contributed by atoms with E-state index in [2.05, 4.69) is 27.6 Å². The summed E-state index contributed by atoms with van der Waals surface area (Å²) in [6.45, 7) is 0. The molecule has 0 aromatic carbocycles. The van der Waals surface area contributed by atoms with Crippen molar-refractivity contribution >= 4 is 11.8 Å². The van der Waals surface area contributed by atoms with Crippen LogP contribution in [0.4, 0.5) is 0 Å². The molecule has 0 atom stereocenters. The Hall–Kier alpha value is -0.480. The van der Waals surface area contributed by atoms with E-state index in [-0.39, 0.29) is 5.54 Å². The molecule has 3 nitrogen and oxygen atoms in total. The minimum atomic E-state index is 0.0984. The number of hydrogen-bond acceptors (Lipinski definition) is 3. The maximum absolute atomic E-state index is 6.19. The van der Waals surface area contributed by atoms with Gasteiger partial charge in [-0.1, -0.05) is 0 Å². The number of nitrogens with two attached hydrogens (primary N) is 1. The van der Waals surface area contributed by atoms with Crippen LogP contribution in [0.15, 0.2) is 12.3 Å². The molecule has 0 spiro atoms. The van der Waals surface area contributed by atoms with Crippen molar-refractivity contribution in [2.24, 2.45) is 5.73 Å². The lowest BCUT2D eigenvalue weighted by molar-refractivity contribution is 0.407. The number of rotatable bonds is 3. The van der Waals surface area contributed by atoms with Gasteiger partial charge in [0.05, 0.1) is 6.04 Å². The van der Waals surface area contributed by atoms with Crippen LogP contribution >= 0.6 is 11.8 Å². The summed E-state index contributed by atoms with van der Waals surface area (Å²) >= 11 is 2.06. The highest BCUT2D eigenvalue weighted by atomic mass is 32.2. The van der Waals surface area contributed by atoms with Gasteiger partial charge in [0.2, 0.25) is 0 Å². The first-order valence-electron chi connectivity index (χ1n) is 6.16. The van der Waals surface area contributed by atoms with Crippen molar-refractivity contribution in [3.8, 4) is 0 Å². The van der Waals surface area contributed by atoms with Gasteiger partial charge in [0.1, 0.15) is 0 Å². The van der Waals surface area contributed by atoms with Crippen LogP contribution in [0.5, 0.6) is 0 Å². The fourth-order valence-electron chi connectivity index (χ4n) is 2.44. The normalized spacial score (nSPS) is 24.6. The number of aromatic nitrogens is 2. The van der Waals surface area contributed by atoms with E-state index in [9.17, 15) is 0 Å². The standard InChI is InChI=1S/C12H19N3S/c13-12(4-5-12)9-11-1-6-14-15(11)10-2-7-16-8-3-10/h1,6,10H,2-5,7-9,13H2. The highest BCUT2D eigenvalue weighted by Gasteiger charge is 2.39. The Balaban J connectivity index is 1.75. The van der Waals surface area contributed by atoms with E-state index in [1.165, 1.54) is 42.9 Å². The first-order valence-corrected chi connectivity index (χ1v) is 7.31. The fraction of sp³-hybridized carbons (Fsp3) is 0.750. The quantitative estimate of drug-likeness (QED) is 0.874. The smallest absolute Gasteiger partial charge is 0.0538 e. The Bertz CT molecular complexity index is 364. The first-order chi connectivity index (χ1) is 7.77. The van der Waals surface area contributed by atoms with Gasteiger partial charge < -0.3 is 5.73 Å². The van der Waals surface area contributed by atoms with Crippen LogP contribution in [-0.2, 0) is 6.42 Å². The highest BCUT2D eigenvalue weighted by molar-refractivity contribution is 7.99. The molecule has 1 aliphatic carbocycles. The molecule has 2 N–H and O–H groups in total. The third-order valence-corrected chi connectivity index (χ3v) is 4.76. The van der Waals surface area contributed by atoms with Crippen molar-refractivity contribution in [2.45, 2.75) is 43.7 Å². The van der Waals surface area contributed by atoms with Crippen LogP contribution in [0.3, 0.4) is 0 Å². The predicted octanol–water partition coefficient (Wildman–Crippen LogP) is 1.98. The Morgan fingerprint density at radius 3 is 2.88 bits per heavy atom. The second-order valence-corrected chi connectivity index (χ2v) is 6.37. The van der Waals surface area contributed by atoms with E-state index in [0.29, 0.717) is 6.04 Å². The summed E-state index contributed by atoms with van der Waals surface area (Å²) in [6.07, 6.45) is 7.82. The minimum absolute atomic E-state index is 0.0984. The van der Waals surface area contributed by atoms with Crippen molar-refractivity contribution < 1.29 is 0 Å². The first kappa shape index (κ1) is 10.7. The van der Waals surface area contributed by atoms with Gasteiger partial charge in [-0.15, -0.1) is 0 Å². The van der Waals surface area contributed by atoms with Crippen LogP contribution in [-0.4, -0.2) is 26.8 Å². The number of nitrogens with zero attached hydrogens (tertiary/aromatic N) is 2. The lowest BCUT2D eigenvalue weighted by Crippen LogP contribution is -2.27. The van der Waals surface area contributed by atoms with Gasteiger partial charge in [-0.2, -0.15) is 16.9 Å². The van der Waals surface area contributed by atoms with Gasteiger partial charge in [-0.3, -0.25) is 4.68 Å². The Kier molecular flexibility index (Phi) is 2.72. The summed E-state index contributed by atoms with van der Waals surface area (Å²) in [5.41, 5.74) is 7.63. The third-order valence-electron chi connectivity index (χ3n) is 3.71. The summed E-state index contributed by atoms with van der Waals surface area (Å²) < 4.78 is 2.24. The minimum Gasteiger partial charge on any atom is -0.325 e. The van der Waals surface area contributed by atoms with Crippen LogP contribution in [0, 0.1) is 0 Å². The summed E-state index contributed by atoms with van der Waals surface area (Å²) in [4.78, 5) is 0. The summed E-state index contributed by atoms with van der Waals surface area (Å²) in [6, 6.07) is 2.77. The molecule has 1 aromatic heterocycles. The molecule has 0 radical (unpaired) electrons. The molecule has 0 unspecified atom stereocenters. The largest absolute Gasteiger partial charge is 0.325 e. The molecule has 88 valence electrons. The zero-order chi connectivity index (χ0) is 11.0. The second kappa shape index (κ2) is 4.08. The maximum atomic E-state index is 6.19. The average Bonchev–Trinajstić information content (AvgIpc) is 2.86. The number of hydrogen-bond donors (Lipinski definition) is 1. The van der Waals surface area contributed by atoms with Gasteiger partial charge >= 0.3 is 0 Å². The van der Waals surface area contributed by atoms with Crippen molar-refractivity contribution in [3.05, 3.63) is 18.0 Å². The molecule has 1 saturated carbocycles. The summed E-state index contributed by atoms with van der Waals surface area (Å²) in [5.74, 6) is 2.55. The fourth-order valence-corrected chi connectivity index (χ4v) is 3.52. The predicted molar refractivity (Wildman–Crippen MR) is 67.7 cm³/mol. The van der Waals surface area contributed by atoms with Crippen molar-refractivity contribution in [1.29, 1.82) is 0 Å². The summed E-state index contributed by atoms with van der Waals surface area (Å²) in [7, 11) is 0. The van der Waals surface area contributed by atoms with Gasteiger partial charge in [-0.25, -0.2) is 0 Å². The van der Waals surface area contributed by atoms with Crippen molar-refractivity contribution in [2.75, 3.05) is 11.5 Å². The molecular formula is C12H19N3S. The second-order valence-electron chi connectivity index (χ2n) is 5.15. The van der Waals surface area contributed by atoms with E-state index in [0.717, 1.165) is 6.42 Å². The van der Waals surface area contributed by atoms with E-state index >= 15 is 0 Å². The molecule has 2 heterocycles. The topological polar surface area (TPSA) is 43.8 Å². The summed E-state index contributed by atoms with van der Waals surface area (Å²) in [5, 5.41) is 4.50. The van der Waals surface area contributed by atoms with Crippen LogP contribution in [0.1, 0.15) is 37.4 Å². The van der Waals surface area contributed by atoms with Crippen molar-refractivity contribution in [3.63, 3.8) is 0 Å². The number of thioether (sulfide) groups is 1. The van der Waals surface area contributed by atoms with Crippen LogP contribution in [0.25, 0.3) is 0 Å². The molecule has 1 aliphatic heterocycles. The molecule has 2 aliphatic rings. The maximum Gasteiger partial charge on any atom is 0.0538 e. The third kappa shape index (κ3) is 2.13. The lowest BCUT2D eigenvalue weighted by Gasteiger charge is -2.24. The molecule has 0 amide bonds. The molecule has 3 rings (SSSR count). The van der Waals surface area contributed by atoms with E-state index in [4.69, 9.17) is 5.73 Å². The van der Waals surface area contributed by atoms with Gasteiger partial charge in [0.25, 0.3) is 0 Å². The van der Waals surface area contributed by atoms with Crippen LogP contribution in [0.2, 0.25) is 0 Å². The molecule has 16 heavy (non-hydrogen) atoms. The SMILES string of the molecule is NC1(Cc2ccnn2C2CCSCC2)CC1. The van der Waals surface area contributed by atoms with Gasteiger partial charge in [0, 0.05) is 23.9 Å². The Morgan fingerprint density at radius 1 is 1.44 bits per heavy atom. The molecule has 1 saturated heterocycles. The molecule has 4 heteroatoms. The highest BCUT2D eigenvalue weighted by Crippen LogP contribution is 2.36. The zero-order valence-corrected chi connectivity index (χ0v) is 10.4. The molecule has 2 fully saturated rings. The zero-order valence-electron chi connectivity index (χ0n) is 9.56. The molecule has 1 aromatic rings. The lowest BCUT2D eigenvalue weighted by atomic mass is 10.1. The Labute approximate surface area is 101 Å².